The summed E-state index contributed by atoms with van der Waals surface area (Å²) in [4.78, 5) is 11.4. The van der Waals surface area contributed by atoms with Gasteiger partial charge < -0.3 is 10.6 Å². The van der Waals surface area contributed by atoms with E-state index < -0.39 is 0 Å². The van der Waals surface area contributed by atoms with Gasteiger partial charge in [-0.3, -0.25) is 4.79 Å². The van der Waals surface area contributed by atoms with Gasteiger partial charge in [0, 0.05) is 5.69 Å². The molecule has 4 heteroatoms. The summed E-state index contributed by atoms with van der Waals surface area (Å²) in [6.45, 7) is 1.88. The number of carbonyl (C=O) groups is 1. The van der Waals surface area contributed by atoms with Crippen molar-refractivity contribution in [3.8, 4) is 0 Å². The van der Waals surface area contributed by atoms with Crippen molar-refractivity contribution in [2.24, 2.45) is 0 Å². The van der Waals surface area contributed by atoms with Crippen molar-refractivity contribution >= 4 is 11.6 Å². The average molecular weight is 284 g/mol. The van der Waals surface area contributed by atoms with Crippen LogP contribution in [0.3, 0.4) is 0 Å². The van der Waals surface area contributed by atoms with Crippen LogP contribution in [0.1, 0.15) is 28.3 Å². The third kappa shape index (κ3) is 2.67. The standard InChI is InChI=1S/C17H17FN2O/c1-10-5-13(8-14(18)6-10)17(19-2)11-3-4-15-12(7-11)9-16(21)20-15/h3-8,17,19H,9H2,1-2H3,(H,20,21). The van der Waals surface area contributed by atoms with Crippen LogP contribution in [-0.2, 0) is 11.2 Å². The minimum absolute atomic E-state index is 0.0183. The number of rotatable bonds is 3. The minimum Gasteiger partial charge on any atom is -0.326 e. The third-order valence-electron chi connectivity index (χ3n) is 3.77. The van der Waals surface area contributed by atoms with Crippen LogP contribution >= 0.6 is 0 Å². The maximum atomic E-state index is 13.6. The van der Waals surface area contributed by atoms with E-state index in [1.807, 2.05) is 38.2 Å². The molecule has 3 rings (SSSR count). The van der Waals surface area contributed by atoms with Gasteiger partial charge in [-0.2, -0.15) is 0 Å². The van der Waals surface area contributed by atoms with E-state index in [0.717, 1.165) is 27.9 Å². The SMILES string of the molecule is CNC(c1cc(C)cc(F)c1)c1ccc2c(c1)CC(=O)N2. The highest BCUT2D eigenvalue weighted by atomic mass is 19.1. The fourth-order valence-corrected chi connectivity index (χ4v) is 2.89. The van der Waals surface area contributed by atoms with Crippen molar-refractivity contribution in [3.63, 3.8) is 0 Å². The second-order valence-corrected chi connectivity index (χ2v) is 5.43. The van der Waals surface area contributed by atoms with Gasteiger partial charge in [-0.05, 0) is 54.4 Å². The van der Waals surface area contributed by atoms with Gasteiger partial charge >= 0.3 is 0 Å². The molecule has 2 aromatic rings. The predicted octanol–water partition coefficient (Wildman–Crippen LogP) is 2.94. The van der Waals surface area contributed by atoms with Gasteiger partial charge in [-0.25, -0.2) is 4.39 Å². The van der Waals surface area contributed by atoms with E-state index >= 15 is 0 Å². The van der Waals surface area contributed by atoms with E-state index in [1.54, 1.807) is 6.07 Å². The van der Waals surface area contributed by atoms with Gasteiger partial charge in [0.05, 0.1) is 12.5 Å². The fourth-order valence-electron chi connectivity index (χ4n) is 2.89. The zero-order chi connectivity index (χ0) is 15.0. The summed E-state index contributed by atoms with van der Waals surface area (Å²) in [5.74, 6) is -0.215. The molecule has 0 radical (unpaired) electrons. The Morgan fingerprint density at radius 1 is 1.19 bits per heavy atom. The molecule has 0 spiro atoms. The Balaban J connectivity index is 2.01. The van der Waals surface area contributed by atoms with Crippen molar-refractivity contribution in [1.82, 2.24) is 5.32 Å². The molecule has 108 valence electrons. The highest BCUT2D eigenvalue weighted by Gasteiger charge is 2.20. The van der Waals surface area contributed by atoms with Crippen LogP contribution in [0.4, 0.5) is 10.1 Å². The molecule has 1 aliphatic rings. The Bertz CT molecular complexity index is 692. The monoisotopic (exact) mass is 284 g/mol. The van der Waals surface area contributed by atoms with Gasteiger partial charge in [-0.15, -0.1) is 0 Å². The molecule has 1 amide bonds. The normalized spacial score (nSPS) is 14.7. The van der Waals surface area contributed by atoms with Gasteiger partial charge in [0.15, 0.2) is 0 Å². The number of halogens is 1. The maximum absolute atomic E-state index is 13.6. The molecule has 0 aromatic heterocycles. The maximum Gasteiger partial charge on any atom is 0.228 e. The largest absolute Gasteiger partial charge is 0.326 e. The topological polar surface area (TPSA) is 41.1 Å². The van der Waals surface area contributed by atoms with Crippen LogP contribution in [0.15, 0.2) is 36.4 Å². The summed E-state index contributed by atoms with van der Waals surface area (Å²) >= 11 is 0. The molecule has 0 bridgehead atoms. The first kappa shape index (κ1) is 13.8. The molecule has 2 N–H and O–H groups in total. The van der Waals surface area contributed by atoms with Crippen LogP contribution in [0, 0.1) is 12.7 Å². The predicted molar refractivity (Wildman–Crippen MR) is 80.8 cm³/mol. The summed E-state index contributed by atoms with van der Waals surface area (Å²) in [5.41, 5.74) is 4.66. The molecule has 3 nitrogen and oxygen atoms in total. The van der Waals surface area contributed by atoms with E-state index in [2.05, 4.69) is 10.6 Å². The molecule has 1 unspecified atom stereocenters. The smallest absolute Gasteiger partial charge is 0.228 e. The van der Waals surface area contributed by atoms with Crippen molar-refractivity contribution in [3.05, 3.63) is 64.5 Å². The number of benzene rings is 2. The zero-order valence-electron chi connectivity index (χ0n) is 12.0. The molecule has 0 aliphatic carbocycles. The first-order valence-corrected chi connectivity index (χ1v) is 6.94. The molecule has 1 aliphatic heterocycles. The highest BCUT2D eigenvalue weighted by Crippen LogP contribution is 2.29. The summed E-state index contributed by atoms with van der Waals surface area (Å²) in [7, 11) is 1.85. The molecule has 0 fully saturated rings. The van der Waals surface area contributed by atoms with Gasteiger partial charge in [0.2, 0.25) is 5.91 Å². The third-order valence-corrected chi connectivity index (χ3v) is 3.77. The Morgan fingerprint density at radius 2 is 2.00 bits per heavy atom. The van der Waals surface area contributed by atoms with Crippen LogP contribution in [0.2, 0.25) is 0 Å². The number of carbonyl (C=O) groups excluding carboxylic acids is 1. The molecular formula is C17H17FN2O. The lowest BCUT2D eigenvalue weighted by molar-refractivity contribution is -0.115. The first-order chi connectivity index (χ1) is 10.1. The quantitative estimate of drug-likeness (QED) is 0.910. The van der Waals surface area contributed by atoms with Gasteiger partial charge in [0.25, 0.3) is 0 Å². The summed E-state index contributed by atoms with van der Waals surface area (Å²) < 4.78 is 13.6. The van der Waals surface area contributed by atoms with Crippen LogP contribution in [0.5, 0.6) is 0 Å². The molecular weight excluding hydrogens is 267 g/mol. The number of amides is 1. The van der Waals surface area contributed by atoms with Crippen LogP contribution in [0.25, 0.3) is 0 Å². The zero-order valence-corrected chi connectivity index (χ0v) is 12.0. The Hall–Kier alpha value is -2.20. The molecule has 0 saturated heterocycles. The van der Waals surface area contributed by atoms with E-state index in [4.69, 9.17) is 0 Å². The Morgan fingerprint density at radius 3 is 2.71 bits per heavy atom. The number of anilines is 1. The molecule has 0 saturated carbocycles. The lowest BCUT2D eigenvalue weighted by Gasteiger charge is -2.19. The summed E-state index contributed by atoms with van der Waals surface area (Å²) in [5, 5.41) is 6.04. The Kier molecular flexibility index (Phi) is 3.47. The van der Waals surface area contributed by atoms with Crippen molar-refractivity contribution in [2.75, 3.05) is 12.4 Å². The van der Waals surface area contributed by atoms with Crippen molar-refractivity contribution in [1.29, 1.82) is 0 Å². The number of nitrogens with one attached hydrogen (secondary N) is 2. The second kappa shape index (κ2) is 5.30. The van der Waals surface area contributed by atoms with Crippen LogP contribution in [-0.4, -0.2) is 13.0 Å². The Labute approximate surface area is 123 Å². The van der Waals surface area contributed by atoms with E-state index in [1.165, 1.54) is 6.07 Å². The number of hydrogen-bond donors (Lipinski definition) is 2. The first-order valence-electron chi connectivity index (χ1n) is 6.94. The summed E-state index contributed by atoms with van der Waals surface area (Å²) in [6, 6.07) is 10.8. The number of aryl methyl sites for hydroxylation is 1. The van der Waals surface area contributed by atoms with E-state index in [-0.39, 0.29) is 17.8 Å². The lowest BCUT2D eigenvalue weighted by Crippen LogP contribution is -2.18. The van der Waals surface area contributed by atoms with Crippen LogP contribution < -0.4 is 10.6 Å². The van der Waals surface area contributed by atoms with E-state index in [9.17, 15) is 9.18 Å². The van der Waals surface area contributed by atoms with E-state index in [0.29, 0.717) is 6.42 Å². The fraction of sp³-hybridized carbons (Fsp3) is 0.235. The molecule has 2 aromatic carbocycles. The number of fused-ring (bicyclic) bond motifs is 1. The molecule has 1 heterocycles. The van der Waals surface area contributed by atoms with Crippen molar-refractivity contribution < 1.29 is 9.18 Å². The second-order valence-electron chi connectivity index (χ2n) is 5.43. The average Bonchev–Trinajstić information content (AvgIpc) is 2.78. The highest BCUT2D eigenvalue weighted by molar-refractivity contribution is 5.99. The van der Waals surface area contributed by atoms with Crippen molar-refractivity contribution in [2.45, 2.75) is 19.4 Å². The summed E-state index contributed by atoms with van der Waals surface area (Å²) in [6.07, 6.45) is 0.405. The van der Waals surface area contributed by atoms with Gasteiger partial charge in [-0.1, -0.05) is 18.2 Å². The number of hydrogen-bond acceptors (Lipinski definition) is 2. The van der Waals surface area contributed by atoms with Gasteiger partial charge in [0.1, 0.15) is 5.82 Å². The molecule has 1 atom stereocenters. The minimum atomic E-state index is -0.233. The molecule has 21 heavy (non-hydrogen) atoms. The lowest BCUT2D eigenvalue weighted by atomic mass is 9.95.